The third kappa shape index (κ3) is 2.29. The molecule has 0 fully saturated rings. The van der Waals surface area contributed by atoms with Crippen LogP contribution in [0.4, 0.5) is 11.4 Å². The van der Waals surface area contributed by atoms with Crippen LogP contribution in [0.15, 0.2) is 33.3 Å². The second-order valence-electron chi connectivity index (χ2n) is 4.26. The first-order valence-corrected chi connectivity index (χ1v) is 7.13. The van der Waals surface area contributed by atoms with Gasteiger partial charge < -0.3 is 24.5 Å². The third-order valence-electron chi connectivity index (χ3n) is 3.01. The minimum atomic E-state index is -3.92. The lowest BCUT2D eigenvalue weighted by atomic mass is 10.0. The van der Waals surface area contributed by atoms with Crippen LogP contribution in [0.25, 0.3) is 10.8 Å². The number of phenols is 1. The maximum atomic E-state index is 10.2. The molecule has 2 rings (SSSR count). The standard InChI is InChI=1S/C12H15N3O4S/c1-6-9(20(17,18)19)5-7-3-4-8(15-14-2)11(13)10(7)12(6)16/h3-5,16-19H,13H2,1-2H3. The molecule has 0 heterocycles. The van der Waals surface area contributed by atoms with E-state index in [4.69, 9.17) is 5.73 Å². The van der Waals surface area contributed by atoms with Crippen molar-refractivity contribution in [3.63, 3.8) is 0 Å². The van der Waals surface area contributed by atoms with E-state index in [2.05, 4.69) is 10.2 Å². The number of phenolic OH excluding ortho intramolecular Hbond substituents is 1. The molecule has 0 amide bonds. The number of nitrogens with zero attached hydrogens (tertiary/aromatic N) is 2. The highest BCUT2D eigenvalue weighted by molar-refractivity contribution is 8.19. The summed E-state index contributed by atoms with van der Waals surface area (Å²) >= 11 is 0. The summed E-state index contributed by atoms with van der Waals surface area (Å²) in [4.78, 5) is -0.133. The zero-order chi connectivity index (χ0) is 15.1. The van der Waals surface area contributed by atoms with E-state index in [0.29, 0.717) is 16.5 Å². The molecule has 0 saturated heterocycles. The lowest BCUT2D eigenvalue weighted by Gasteiger charge is -2.23. The van der Waals surface area contributed by atoms with E-state index in [-0.39, 0.29) is 21.9 Å². The first-order chi connectivity index (χ1) is 9.27. The van der Waals surface area contributed by atoms with Gasteiger partial charge >= 0.3 is 0 Å². The molecule has 0 atom stereocenters. The van der Waals surface area contributed by atoms with Gasteiger partial charge in [-0.25, -0.2) is 0 Å². The molecule has 0 bridgehead atoms. The number of anilines is 1. The van der Waals surface area contributed by atoms with Crippen LogP contribution in [0.1, 0.15) is 5.56 Å². The van der Waals surface area contributed by atoms with Gasteiger partial charge in [-0.2, -0.15) is 10.2 Å². The molecular formula is C12H15N3O4S. The molecule has 0 spiro atoms. The van der Waals surface area contributed by atoms with Crippen LogP contribution < -0.4 is 5.73 Å². The van der Waals surface area contributed by atoms with Crippen molar-refractivity contribution >= 4 is 33.0 Å². The molecule has 108 valence electrons. The van der Waals surface area contributed by atoms with Gasteiger partial charge in [0.05, 0.1) is 10.6 Å². The molecule has 0 saturated carbocycles. The average Bonchev–Trinajstić information content (AvgIpc) is 2.35. The van der Waals surface area contributed by atoms with Gasteiger partial charge in [0.25, 0.3) is 0 Å². The Morgan fingerprint density at radius 3 is 2.40 bits per heavy atom. The number of rotatable bonds is 2. The molecule has 0 aliphatic heterocycles. The van der Waals surface area contributed by atoms with E-state index in [0.717, 1.165) is 0 Å². The van der Waals surface area contributed by atoms with Gasteiger partial charge in [0.15, 0.2) is 0 Å². The molecular weight excluding hydrogens is 282 g/mol. The first-order valence-electron chi connectivity index (χ1n) is 5.62. The minimum Gasteiger partial charge on any atom is -0.507 e. The fraction of sp³-hybridized carbons (Fsp3) is 0.167. The highest BCUT2D eigenvalue weighted by Gasteiger charge is 2.23. The number of hydrogen-bond donors (Lipinski definition) is 5. The minimum absolute atomic E-state index is 0.133. The Kier molecular flexibility index (Phi) is 3.57. The lowest BCUT2D eigenvalue weighted by molar-refractivity contribution is 0.374. The van der Waals surface area contributed by atoms with Crippen LogP contribution in [0.3, 0.4) is 0 Å². The van der Waals surface area contributed by atoms with Crippen molar-refractivity contribution in [3.8, 4) is 5.75 Å². The fourth-order valence-corrected chi connectivity index (χ4v) is 2.84. The number of nitrogen functional groups attached to an aromatic ring is 1. The van der Waals surface area contributed by atoms with E-state index in [9.17, 15) is 18.8 Å². The lowest BCUT2D eigenvalue weighted by Crippen LogP contribution is -2.00. The Bertz CT molecular complexity index is 710. The van der Waals surface area contributed by atoms with Crippen LogP contribution in [0, 0.1) is 6.92 Å². The molecule has 0 aliphatic carbocycles. The zero-order valence-electron chi connectivity index (χ0n) is 10.9. The van der Waals surface area contributed by atoms with E-state index in [1.165, 1.54) is 20.0 Å². The van der Waals surface area contributed by atoms with Crippen LogP contribution >= 0.6 is 10.9 Å². The number of nitrogens with two attached hydrogens (primary N) is 1. The van der Waals surface area contributed by atoms with E-state index >= 15 is 0 Å². The summed E-state index contributed by atoms with van der Waals surface area (Å²) in [6.45, 7) is 1.46. The van der Waals surface area contributed by atoms with Gasteiger partial charge in [0, 0.05) is 18.0 Å². The van der Waals surface area contributed by atoms with Crippen molar-refractivity contribution in [1.29, 1.82) is 0 Å². The molecule has 0 aliphatic rings. The van der Waals surface area contributed by atoms with Crippen LogP contribution in [0.5, 0.6) is 5.75 Å². The number of hydrogen-bond acceptors (Lipinski definition) is 7. The number of benzene rings is 2. The average molecular weight is 297 g/mol. The van der Waals surface area contributed by atoms with Crippen molar-refractivity contribution in [2.75, 3.05) is 12.8 Å². The predicted octanol–water partition coefficient (Wildman–Crippen LogP) is 3.73. The smallest absolute Gasteiger partial charge is 0.129 e. The molecule has 6 N–H and O–H groups in total. The molecule has 2 aromatic rings. The topological polar surface area (TPSA) is 132 Å². The van der Waals surface area contributed by atoms with E-state index in [1.807, 2.05) is 0 Å². The van der Waals surface area contributed by atoms with Crippen molar-refractivity contribution < 1.29 is 18.8 Å². The molecule has 0 unspecified atom stereocenters. The Morgan fingerprint density at radius 1 is 1.20 bits per heavy atom. The highest BCUT2D eigenvalue weighted by atomic mass is 32.3. The fourth-order valence-electron chi connectivity index (χ4n) is 2.04. The number of azo groups is 1. The van der Waals surface area contributed by atoms with Crippen molar-refractivity contribution in [1.82, 2.24) is 0 Å². The number of aromatic hydroxyl groups is 1. The van der Waals surface area contributed by atoms with Gasteiger partial charge in [-0.3, -0.25) is 0 Å². The second-order valence-corrected chi connectivity index (χ2v) is 5.74. The van der Waals surface area contributed by atoms with Gasteiger partial charge in [-0.1, -0.05) is 6.07 Å². The summed E-state index contributed by atoms with van der Waals surface area (Å²) in [5.74, 6) is -0.225. The number of fused-ring (bicyclic) bond motifs is 1. The van der Waals surface area contributed by atoms with Crippen molar-refractivity contribution in [2.24, 2.45) is 10.2 Å². The third-order valence-corrected chi connectivity index (χ3v) is 4.02. The maximum absolute atomic E-state index is 10.2. The van der Waals surface area contributed by atoms with Crippen molar-refractivity contribution in [3.05, 3.63) is 23.8 Å². The van der Waals surface area contributed by atoms with Crippen LogP contribution in [-0.2, 0) is 0 Å². The van der Waals surface area contributed by atoms with Gasteiger partial charge in [-0.15, -0.1) is 0 Å². The summed E-state index contributed by atoms with van der Waals surface area (Å²) in [5.41, 5.74) is 6.72. The normalized spacial score (nSPS) is 13.2. The van der Waals surface area contributed by atoms with E-state index < -0.39 is 10.9 Å². The molecule has 20 heavy (non-hydrogen) atoms. The SMILES string of the molecule is CN=Nc1ccc2cc(S(O)(O)O)c(C)c(O)c2c1N. The summed E-state index contributed by atoms with van der Waals surface area (Å²) in [6.07, 6.45) is 0. The molecule has 0 radical (unpaired) electrons. The largest absolute Gasteiger partial charge is 0.507 e. The molecule has 2 aromatic carbocycles. The van der Waals surface area contributed by atoms with Gasteiger partial charge in [0.1, 0.15) is 22.3 Å². The summed E-state index contributed by atoms with van der Waals surface area (Å²) in [7, 11) is -2.42. The predicted molar refractivity (Wildman–Crippen MR) is 78.9 cm³/mol. The highest BCUT2D eigenvalue weighted by Crippen LogP contribution is 2.50. The molecule has 0 aromatic heterocycles. The summed E-state index contributed by atoms with van der Waals surface area (Å²) < 4.78 is 28.1. The van der Waals surface area contributed by atoms with Crippen LogP contribution in [0.2, 0.25) is 0 Å². The van der Waals surface area contributed by atoms with Gasteiger partial charge in [0.2, 0.25) is 0 Å². The Hall–Kier alpha value is -1.87. The van der Waals surface area contributed by atoms with Crippen LogP contribution in [-0.4, -0.2) is 25.8 Å². The zero-order valence-corrected chi connectivity index (χ0v) is 11.7. The monoisotopic (exact) mass is 297 g/mol. The van der Waals surface area contributed by atoms with Crippen molar-refractivity contribution in [2.45, 2.75) is 11.8 Å². The molecule has 8 heteroatoms. The Labute approximate surface area is 116 Å². The Morgan fingerprint density at radius 2 is 1.85 bits per heavy atom. The Balaban J connectivity index is 2.87. The van der Waals surface area contributed by atoms with Gasteiger partial charge in [-0.05, 0) is 24.4 Å². The maximum Gasteiger partial charge on any atom is 0.129 e. The first kappa shape index (κ1) is 14.5. The second kappa shape index (κ2) is 4.91. The summed E-state index contributed by atoms with van der Waals surface area (Å²) in [6, 6.07) is 4.57. The van der Waals surface area contributed by atoms with E-state index in [1.54, 1.807) is 12.1 Å². The summed E-state index contributed by atoms with van der Waals surface area (Å²) in [5, 5.41) is 18.5. The molecule has 7 nitrogen and oxygen atoms in total. The quantitative estimate of drug-likeness (QED) is 0.425.